The summed E-state index contributed by atoms with van der Waals surface area (Å²) in [5.41, 5.74) is 1.40. The van der Waals surface area contributed by atoms with Crippen LogP contribution in [-0.2, 0) is 11.3 Å². The van der Waals surface area contributed by atoms with Crippen LogP contribution in [0.1, 0.15) is 34.8 Å². The van der Waals surface area contributed by atoms with Crippen LogP contribution >= 0.6 is 0 Å². The molecule has 0 aliphatic carbocycles. The number of rotatable bonds is 4. The quantitative estimate of drug-likeness (QED) is 0.895. The van der Waals surface area contributed by atoms with Crippen molar-refractivity contribution in [2.75, 3.05) is 19.9 Å². The number of amides is 1. The smallest absolute Gasteiger partial charge is 0.325 e. The summed E-state index contributed by atoms with van der Waals surface area (Å²) in [5.74, 6) is 0.386. The molecule has 1 fully saturated rings. The van der Waals surface area contributed by atoms with E-state index in [4.69, 9.17) is 14.6 Å². The van der Waals surface area contributed by atoms with E-state index in [1.165, 1.54) is 4.68 Å². The van der Waals surface area contributed by atoms with E-state index in [1.54, 1.807) is 24.4 Å². The Balaban J connectivity index is 1.47. The van der Waals surface area contributed by atoms with Gasteiger partial charge in [0.1, 0.15) is 6.54 Å². The molecule has 2 aliphatic heterocycles. The Kier molecular flexibility index (Phi) is 4.24. The second kappa shape index (κ2) is 6.70. The third-order valence-electron chi connectivity index (χ3n) is 4.70. The van der Waals surface area contributed by atoms with Crippen molar-refractivity contribution < 1.29 is 24.2 Å². The normalized spacial score (nSPS) is 18.8. The second-order valence-corrected chi connectivity index (χ2v) is 6.49. The van der Waals surface area contributed by atoms with Gasteiger partial charge in [-0.25, -0.2) is 0 Å². The molecule has 8 heteroatoms. The van der Waals surface area contributed by atoms with Gasteiger partial charge in [-0.1, -0.05) is 0 Å². The highest BCUT2D eigenvalue weighted by atomic mass is 16.7. The number of carboxylic acids is 1. The Morgan fingerprint density at radius 3 is 2.92 bits per heavy atom. The van der Waals surface area contributed by atoms with Gasteiger partial charge in [0, 0.05) is 30.8 Å². The monoisotopic (exact) mass is 357 g/mol. The molecule has 0 saturated carbocycles. The Labute approximate surface area is 149 Å². The number of hydrogen-bond donors (Lipinski definition) is 1. The lowest BCUT2D eigenvalue weighted by Gasteiger charge is -2.32. The molecule has 1 N–H and O–H groups in total. The van der Waals surface area contributed by atoms with Crippen molar-refractivity contribution in [2.45, 2.75) is 25.3 Å². The number of ether oxygens (including phenoxy) is 2. The van der Waals surface area contributed by atoms with Crippen LogP contribution in [0.5, 0.6) is 11.5 Å². The molecule has 1 amide bonds. The zero-order valence-electron chi connectivity index (χ0n) is 14.1. The number of carbonyl (C=O) groups is 2. The van der Waals surface area contributed by atoms with Crippen molar-refractivity contribution in [3.8, 4) is 11.5 Å². The molecule has 3 heterocycles. The number of benzene rings is 1. The fraction of sp³-hybridized carbons (Fsp3) is 0.389. The van der Waals surface area contributed by atoms with Gasteiger partial charge in [-0.3, -0.25) is 14.3 Å². The van der Waals surface area contributed by atoms with Crippen LogP contribution in [-0.4, -0.2) is 51.5 Å². The molecule has 1 aromatic carbocycles. The number of nitrogens with zero attached hydrogens (tertiary/aromatic N) is 3. The van der Waals surface area contributed by atoms with E-state index < -0.39 is 5.97 Å². The minimum Gasteiger partial charge on any atom is -0.480 e. The summed E-state index contributed by atoms with van der Waals surface area (Å²) in [6, 6.07) is 7.06. The van der Waals surface area contributed by atoms with Gasteiger partial charge in [0.25, 0.3) is 5.91 Å². The Bertz CT molecular complexity index is 847. The molecule has 2 aromatic rings. The number of aliphatic carboxylic acids is 1. The predicted molar refractivity (Wildman–Crippen MR) is 90.3 cm³/mol. The van der Waals surface area contributed by atoms with Crippen molar-refractivity contribution in [2.24, 2.45) is 0 Å². The summed E-state index contributed by atoms with van der Waals surface area (Å²) >= 11 is 0. The number of likely N-dealkylation sites (tertiary alicyclic amines) is 1. The highest BCUT2D eigenvalue weighted by molar-refractivity contribution is 5.95. The number of piperidine rings is 1. The number of fused-ring (bicyclic) bond motifs is 1. The van der Waals surface area contributed by atoms with Gasteiger partial charge >= 0.3 is 5.97 Å². The van der Waals surface area contributed by atoms with Crippen molar-refractivity contribution >= 4 is 11.9 Å². The summed E-state index contributed by atoms with van der Waals surface area (Å²) in [6.07, 6.45) is 3.48. The maximum absolute atomic E-state index is 12.9. The topological polar surface area (TPSA) is 93.9 Å². The molecular weight excluding hydrogens is 338 g/mol. The summed E-state index contributed by atoms with van der Waals surface area (Å²) in [7, 11) is 0. The summed E-state index contributed by atoms with van der Waals surface area (Å²) in [6.45, 7) is 1.28. The molecule has 136 valence electrons. The van der Waals surface area contributed by atoms with Gasteiger partial charge in [0.15, 0.2) is 11.5 Å². The van der Waals surface area contributed by atoms with Crippen LogP contribution in [0.25, 0.3) is 0 Å². The first-order valence-corrected chi connectivity index (χ1v) is 8.54. The van der Waals surface area contributed by atoms with Gasteiger partial charge in [-0.15, -0.1) is 0 Å². The lowest BCUT2D eigenvalue weighted by molar-refractivity contribution is -0.137. The van der Waals surface area contributed by atoms with Gasteiger partial charge < -0.3 is 19.5 Å². The molecular formula is C18H19N3O5. The van der Waals surface area contributed by atoms with Gasteiger partial charge in [-0.05, 0) is 37.1 Å². The van der Waals surface area contributed by atoms with Crippen molar-refractivity contribution in [1.29, 1.82) is 0 Å². The minimum absolute atomic E-state index is 0.0435. The number of hydrogen-bond acceptors (Lipinski definition) is 5. The first kappa shape index (κ1) is 16.4. The first-order chi connectivity index (χ1) is 12.6. The zero-order valence-corrected chi connectivity index (χ0v) is 14.1. The summed E-state index contributed by atoms with van der Waals surface area (Å²) in [5, 5.41) is 13.2. The van der Waals surface area contributed by atoms with E-state index in [-0.39, 0.29) is 25.2 Å². The zero-order chi connectivity index (χ0) is 18.1. The molecule has 8 nitrogen and oxygen atoms in total. The molecule has 0 radical (unpaired) electrons. The molecule has 1 unspecified atom stereocenters. The molecule has 4 rings (SSSR count). The number of aromatic nitrogens is 2. The molecule has 1 aromatic heterocycles. The molecule has 0 spiro atoms. The van der Waals surface area contributed by atoms with Crippen LogP contribution in [0.15, 0.2) is 30.5 Å². The maximum atomic E-state index is 12.9. The predicted octanol–water partition coefficient (Wildman–Crippen LogP) is 1.72. The second-order valence-electron chi connectivity index (χ2n) is 6.49. The molecule has 1 atom stereocenters. The van der Waals surface area contributed by atoms with Crippen molar-refractivity contribution in [3.05, 3.63) is 41.7 Å². The van der Waals surface area contributed by atoms with Gasteiger partial charge in [-0.2, -0.15) is 5.10 Å². The van der Waals surface area contributed by atoms with Crippen LogP contribution in [0.3, 0.4) is 0 Å². The van der Waals surface area contributed by atoms with E-state index >= 15 is 0 Å². The van der Waals surface area contributed by atoms with E-state index in [0.717, 1.165) is 18.5 Å². The Morgan fingerprint density at radius 1 is 1.23 bits per heavy atom. The average Bonchev–Trinajstić information content (AvgIpc) is 3.29. The third-order valence-corrected chi connectivity index (χ3v) is 4.70. The first-order valence-electron chi connectivity index (χ1n) is 8.54. The molecule has 1 saturated heterocycles. The van der Waals surface area contributed by atoms with E-state index in [9.17, 15) is 9.59 Å². The molecule has 0 bridgehead atoms. The summed E-state index contributed by atoms with van der Waals surface area (Å²) < 4.78 is 12.0. The lowest BCUT2D eigenvalue weighted by atomic mass is 9.94. The fourth-order valence-corrected chi connectivity index (χ4v) is 3.44. The number of carboxylic acid groups (broad SMARTS) is 1. The summed E-state index contributed by atoms with van der Waals surface area (Å²) in [4.78, 5) is 25.5. The maximum Gasteiger partial charge on any atom is 0.325 e. The highest BCUT2D eigenvalue weighted by Crippen LogP contribution is 2.33. The fourth-order valence-electron chi connectivity index (χ4n) is 3.44. The lowest BCUT2D eigenvalue weighted by Crippen LogP contribution is -2.39. The average molecular weight is 357 g/mol. The standard InChI is InChI=1S/C18H19N3O5/c22-17(23)10-21-7-5-14(19-21)13-2-1-6-20(9-13)18(24)12-3-4-15-16(8-12)26-11-25-15/h3-5,7-8,13H,1-2,6,9-11H2,(H,22,23). The van der Waals surface area contributed by atoms with Gasteiger partial charge in [0.2, 0.25) is 6.79 Å². The van der Waals surface area contributed by atoms with Crippen molar-refractivity contribution in [1.82, 2.24) is 14.7 Å². The van der Waals surface area contributed by atoms with Crippen LogP contribution in [0, 0.1) is 0 Å². The number of carbonyl (C=O) groups excluding carboxylic acids is 1. The minimum atomic E-state index is -0.928. The molecule has 2 aliphatic rings. The van der Waals surface area contributed by atoms with Crippen molar-refractivity contribution in [3.63, 3.8) is 0 Å². The van der Waals surface area contributed by atoms with E-state index in [0.29, 0.717) is 30.2 Å². The Hall–Kier alpha value is -3.03. The van der Waals surface area contributed by atoms with E-state index in [1.807, 2.05) is 11.0 Å². The van der Waals surface area contributed by atoms with Crippen LogP contribution in [0.4, 0.5) is 0 Å². The Morgan fingerprint density at radius 2 is 2.08 bits per heavy atom. The molecule has 26 heavy (non-hydrogen) atoms. The van der Waals surface area contributed by atoms with Crippen LogP contribution in [0.2, 0.25) is 0 Å². The largest absolute Gasteiger partial charge is 0.480 e. The third kappa shape index (κ3) is 3.22. The van der Waals surface area contributed by atoms with Gasteiger partial charge in [0.05, 0.1) is 5.69 Å². The van der Waals surface area contributed by atoms with Crippen LogP contribution < -0.4 is 9.47 Å². The van der Waals surface area contributed by atoms with E-state index in [2.05, 4.69) is 5.10 Å². The highest BCUT2D eigenvalue weighted by Gasteiger charge is 2.28. The SMILES string of the molecule is O=C(O)Cn1ccc(C2CCCN(C(=O)c3ccc4c(c3)OCO4)C2)n1.